The van der Waals surface area contributed by atoms with Crippen molar-refractivity contribution in [2.75, 3.05) is 19.8 Å². The van der Waals surface area contributed by atoms with Crippen LogP contribution in [0.1, 0.15) is 29.8 Å². The molecule has 2 amide bonds. The van der Waals surface area contributed by atoms with Crippen LogP contribution in [0.4, 0.5) is 4.79 Å². The van der Waals surface area contributed by atoms with Gasteiger partial charge in [0, 0.05) is 13.2 Å². The number of carboxylic acid groups (broad SMARTS) is 1. The van der Waals surface area contributed by atoms with Gasteiger partial charge >= 0.3 is 12.0 Å². The zero-order valence-electron chi connectivity index (χ0n) is 12.4. The molecule has 0 bridgehead atoms. The van der Waals surface area contributed by atoms with Gasteiger partial charge in [-0.3, -0.25) is 0 Å². The Labute approximate surface area is 124 Å². The molecule has 6 nitrogen and oxygen atoms in total. The molecule has 6 heteroatoms. The number of carbonyl (C=O) groups excluding carboxylic acids is 1. The summed E-state index contributed by atoms with van der Waals surface area (Å²) in [4.78, 5) is 22.7. The first-order valence-corrected chi connectivity index (χ1v) is 6.98. The van der Waals surface area contributed by atoms with Crippen LogP contribution in [-0.2, 0) is 11.2 Å². The average Bonchev–Trinajstić information content (AvgIpc) is 2.45. The Bertz CT molecular complexity index is 476. The van der Waals surface area contributed by atoms with E-state index in [4.69, 9.17) is 9.84 Å². The highest BCUT2D eigenvalue weighted by Gasteiger charge is 2.10. The van der Waals surface area contributed by atoms with Crippen LogP contribution in [0.5, 0.6) is 0 Å². The van der Waals surface area contributed by atoms with E-state index in [0.29, 0.717) is 31.7 Å². The predicted molar refractivity (Wildman–Crippen MR) is 79.6 cm³/mol. The van der Waals surface area contributed by atoms with E-state index in [-0.39, 0.29) is 17.6 Å². The summed E-state index contributed by atoms with van der Waals surface area (Å²) in [5.74, 6) is -0.958. The summed E-state index contributed by atoms with van der Waals surface area (Å²) in [6.07, 6.45) is 0.468. The van der Waals surface area contributed by atoms with E-state index >= 15 is 0 Å². The summed E-state index contributed by atoms with van der Waals surface area (Å²) in [5, 5.41) is 14.5. The molecule has 0 aromatic heterocycles. The molecule has 0 spiro atoms. The monoisotopic (exact) mass is 294 g/mol. The number of rotatable bonds is 8. The lowest BCUT2D eigenvalue weighted by Gasteiger charge is -2.14. The lowest BCUT2D eigenvalue weighted by molar-refractivity contribution is 0.0695. The molecule has 1 aromatic rings. The quantitative estimate of drug-likeness (QED) is 0.680. The molecule has 21 heavy (non-hydrogen) atoms. The molecule has 1 atom stereocenters. The van der Waals surface area contributed by atoms with Crippen molar-refractivity contribution in [1.82, 2.24) is 10.6 Å². The second-order valence-electron chi connectivity index (χ2n) is 4.67. The van der Waals surface area contributed by atoms with Gasteiger partial charge < -0.3 is 20.5 Å². The van der Waals surface area contributed by atoms with Gasteiger partial charge in [-0.2, -0.15) is 0 Å². The molecule has 0 heterocycles. The van der Waals surface area contributed by atoms with Gasteiger partial charge in [0.1, 0.15) is 0 Å². The third-order valence-corrected chi connectivity index (χ3v) is 2.88. The summed E-state index contributed by atoms with van der Waals surface area (Å²) in [5.41, 5.74) is 0.970. The molecule has 0 aliphatic rings. The molecule has 0 saturated carbocycles. The smallest absolute Gasteiger partial charge is 0.335 e. The second kappa shape index (κ2) is 8.97. The Morgan fingerprint density at radius 3 is 2.71 bits per heavy atom. The molecule has 0 fully saturated rings. The van der Waals surface area contributed by atoms with Crippen molar-refractivity contribution in [2.24, 2.45) is 0 Å². The SMILES string of the molecule is CCOCC(C)NC(=O)NCCc1ccccc1C(=O)O. The number of ether oxygens (including phenoxy) is 1. The number of carbonyl (C=O) groups is 2. The number of aromatic carboxylic acids is 1. The fourth-order valence-electron chi connectivity index (χ4n) is 1.87. The molecule has 0 radical (unpaired) electrons. The van der Waals surface area contributed by atoms with Gasteiger partial charge in [-0.25, -0.2) is 9.59 Å². The Kier molecular flexibility index (Phi) is 7.25. The molecule has 3 N–H and O–H groups in total. The largest absolute Gasteiger partial charge is 0.478 e. The van der Waals surface area contributed by atoms with Gasteiger partial charge in [0.05, 0.1) is 18.2 Å². The van der Waals surface area contributed by atoms with Crippen LogP contribution in [0.15, 0.2) is 24.3 Å². The number of urea groups is 1. The van der Waals surface area contributed by atoms with Crippen LogP contribution >= 0.6 is 0 Å². The van der Waals surface area contributed by atoms with E-state index in [1.165, 1.54) is 0 Å². The van der Waals surface area contributed by atoms with Gasteiger partial charge in [0.2, 0.25) is 0 Å². The summed E-state index contributed by atoms with van der Waals surface area (Å²) >= 11 is 0. The van der Waals surface area contributed by atoms with Crippen molar-refractivity contribution >= 4 is 12.0 Å². The molecule has 0 aliphatic carbocycles. The first-order valence-electron chi connectivity index (χ1n) is 6.98. The van der Waals surface area contributed by atoms with Gasteiger partial charge in [-0.1, -0.05) is 18.2 Å². The van der Waals surface area contributed by atoms with E-state index in [1.54, 1.807) is 24.3 Å². The highest BCUT2D eigenvalue weighted by Crippen LogP contribution is 2.08. The number of hydrogen-bond acceptors (Lipinski definition) is 3. The van der Waals surface area contributed by atoms with E-state index in [2.05, 4.69) is 10.6 Å². The van der Waals surface area contributed by atoms with Crippen molar-refractivity contribution in [3.8, 4) is 0 Å². The number of benzene rings is 1. The maximum atomic E-state index is 11.6. The van der Waals surface area contributed by atoms with Crippen molar-refractivity contribution < 1.29 is 19.4 Å². The first kappa shape index (κ1) is 17.0. The highest BCUT2D eigenvalue weighted by molar-refractivity contribution is 5.89. The minimum Gasteiger partial charge on any atom is -0.478 e. The van der Waals surface area contributed by atoms with E-state index in [1.807, 2.05) is 13.8 Å². The van der Waals surface area contributed by atoms with Crippen LogP contribution in [0.25, 0.3) is 0 Å². The van der Waals surface area contributed by atoms with Crippen LogP contribution in [-0.4, -0.2) is 42.9 Å². The number of hydrogen-bond donors (Lipinski definition) is 3. The normalized spacial score (nSPS) is 11.7. The topological polar surface area (TPSA) is 87.7 Å². The Hall–Kier alpha value is -2.08. The summed E-state index contributed by atoms with van der Waals surface area (Å²) in [6.45, 7) is 5.20. The fourth-order valence-corrected chi connectivity index (χ4v) is 1.87. The van der Waals surface area contributed by atoms with Crippen LogP contribution in [0.3, 0.4) is 0 Å². The van der Waals surface area contributed by atoms with Gasteiger partial charge in [-0.05, 0) is 31.9 Å². The summed E-state index contributed by atoms with van der Waals surface area (Å²) in [7, 11) is 0. The zero-order chi connectivity index (χ0) is 15.7. The lowest BCUT2D eigenvalue weighted by atomic mass is 10.0. The van der Waals surface area contributed by atoms with Crippen molar-refractivity contribution in [2.45, 2.75) is 26.3 Å². The maximum Gasteiger partial charge on any atom is 0.335 e. The molecule has 1 aromatic carbocycles. The molecule has 116 valence electrons. The molecule has 0 aliphatic heterocycles. The lowest BCUT2D eigenvalue weighted by Crippen LogP contribution is -2.43. The predicted octanol–water partition coefficient (Wildman–Crippen LogP) is 1.65. The van der Waals surface area contributed by atoms with Gasteiger partial charge in [0.25, 0.3) is 0 Å². The average molecular weight is 294 g/mol. The Balaban J connectivity index is 2.37. The number of nitrogens with one attached hydrogen (secondary N) is 2. The highest BCUT2D eigenvalue weighted by atomic mass is 16.5. The number of carboxylic acids is 1. The van der Waals surface area contributed by atoms with Crippen molar-refractivity contribution in [1.29, 1.82) is 0 Å². The zero-order valence-corrected chi connectivity index (χ0v) is 12.4. The molecule has 1 unspecified atom stereocenters. The van der Waals surface area contributed by atoms with Crippen LogP contribution < -0.4 is 10.6 Å². The van der Waals surface area contributed by atoms with Crippen molar-refractivity contribution in [3.63, 3.8) is 0 Å². The Morgan fingerprint density at radius 2 is 2.05 bits per heavy atom. The third kappa shape index (κ3) is 6.27. The van der Waals surface area contributed by atoms with Gasteiger partial charge in [-0.15, -0.1) is 0 Å². The number of amides is 2. The van der Waals surface area contributed by atoms with E-state index in [9.17, 15) is 9.59 Å². The summed E-state index contributed by atoms with van der Waals surface area (Å²) in [6, 6.07) is 6.42. The first-order chi connectivity index (χ1) is 10.0. The molecular weight excluding hydrogens is 272 g/mol. The standard InChI is InChI=1S/C15H22N2O4/c1-3-21-10-11(2)17-15(20)16-9-8-12-6-4-5-7-13(12)14(18)19/h4-7,11H,3,8-10H2,1-2H3,(H,18,19)(H2,16,17,20). The van der Waals surface area contributed by atoms with Gasteiger partial charge in [0.15, 0.2) is 0 Å². The fraction of sp³-hybridized carbons (Fsp3) is 0.467. The van der Waals surface area contributed by atoms with E-state index in [0.717, 1.165) is 0 Å². The van der Waals surface area contributed by atoms with Crippen LogP contribution in [0.2, 0.25) is 0 Å². The third-order valence-electron chi connectivity index (χ3n) is 2.88. The minimum atomic E-state index is -0.958. The summed E-state index contributed by atoms with van der Waals surface area (Å²) < 4.78 is 5.20. The second-order valence-corrected chi connectivity index (χ2v) is 4.67. The maximum absolute atomic E-state index is 11.6. The van der Waals surface area contributed by atoms with Crippen LogP contribution in [0, 0.1) is 0 Å². The molecule has 1 rings (SSSR count). The van der Waals surface area contributed by atoms with E-state index < -0.39 is 5.97 Å². The molecular formula is C15H22N2O4. The minimum absolute atomic E-state index is 0.0729. The van der Waals surface area contributed by atoms with Crippen molar-refractivity contribution in [3.05, 3.63) is 35.4 Å². The molecule has 0 saturated heterocycles. The Morgan fingerprint density at radius 1 is 1.33 bits per heavy atom.